The van der Waals surface area contributed by atoms with E-state index in [9.17, 15) is 8.42 Å². The Kier molecular flexibility index (Phi) is 6.09. The molecule has 0 saturated carbocycles. The number of allylic oxidation sites excluding steroid dienone is 1. The molecule has 116 valence electrons. The van der Waals surface area contributed by atoms with Gasteiger partial charge in [0.2, 0.25) is 0 Å². The van der Waals surface area contributed by atoms with E-state index in [0.29, 0.717) is 5.75 Å². The molecule has 2 rings (SSSR count). The number of rotatable bonds is 4. The van der Waals surface area contributed by atoms with Crippen molar-refractivity contribution >= 4 is 9.84 Å². The highest BCUT2D eigenvalue weighted by atomic mass is 32.2. The van der Waals surface area contributed by atoms with Crippen LogP contribution in [-0.2, 0) is 9.84 Å². The summed E-state index contributed by atoms with van der Waals surface area (Å²) < 4.78 is 24.9. The second kappa shape index (κ2) is 7.60. The highest BCUT2D eigenvalue weighted by molar-refractivity contribution is 7.92. The zero-order valence-corrected chi connectivity index (χ0v) is 13.6. The Labute approximate surface area is 124 Å². The molecule has 1 N–H and O–H groups in total. The standard InChI is InChI=1S/C16H29NO2S/c1-2-17-16(14-10-6-4-3-5-7-11-14)15-12-8-9-13-20(15,18)19/h10,15-17H,2-9,11-13H2,1H3. The summed E-state index contributed by atoms with van der Waals surface area (Å²) in [5, 5.41) is 3.29. The molecule has 0 aromatic rings. The fourth-order valence-corrected chi connectivity index (χ4v) is 5.69. The summed E-state index contributed by atoms with van der Waals surface area (Å²) in [4.78, 5) is 0. The monoisotopic (exact) mass is 299 g/mol. The first kappa shape index (κ1) is 16.0. The van der Waals surface area contributed by atoms with Crippen molar-refractivity contribution in [3.8, 4) is 0 Å². The quantitative estimate of drug-likeness (QED) is 0.811. The van der Waals surface area contributed by atoms with Crippen molar-refractivity contribution in [2.45, 2.75) is 76.0 Å². The summed E-state index contributed by atoms with van der Waals surface area (Å²) in [6.07, 6.45) is 12.3. The highest BCUT2D eigenvalue weighted by Gasteiger charge is 2.36. The van der Waals surface area contributed by atoms with Gasteiger partial charge in [0.15, 0.2) is 9.84 Å². The largest absolute Gasteiger partial charge is 0.309 e. The van der Waals surface area contributed by atoms with E-state index in [1.807, 2.05) is 0 Å². The van der Waals surface area contributed by atoms with E-state index < -0.39 is 9.84 Å². The number of sulfone groups is 1. The summed E-state index contributed by atoms with van der Waals surface area (Å²) in [5.74, 6) is 0.382. The van der Waals surface area contributed by atoms with E-state index in [0.717, 1.165) is 38.6 Å². The molecule has 1 fully saturated rings. The Morgan fingerprint density at radius 3 is 2.75 bits per heavy atom. The van der Waals surface area contributed by atoms with E-state index >= 15 is 0 Å². The molecular formula is C16H29NO2S. The van der Waals surface area contributed by atoms with Gasteiger partial charge in [-0.2, -0.15) is 0 Å². The van der Waals surface area contributed by atoms with Gasteiger partial charge in [-0.05, 0) is 45.1 Å². The van der Waals surface area contributed by atoms with Gasteiger partial charge in [0.05, 0.1) is 11.0 Å². The Bertz CT molecular complexity index is 428. The van der Waals surface area contributed by atoms with Crippen LogP contribution in [0.15, 0.2) is 11.6 Å². The van der Waals surface area contributed by atoms with Crippen molar-refractivity contribution in [1.82, 2.24) is 5.32 Å². The minimum Gasteiger partial charge on any atom is -0.309 e. The van der Waals surface area contributed by atoms with Crippen LogP contribution in [0.1, 0.15) is 64.7 Å². The third-order valence-corrected chi connectivity index (χ3v) is 6.94. The first-order valence-corrected chi connectivity index (χ1v) is 10.0. The molecular weight excluding hydrogens is 270 g/mol. The molecule has 2 atom stereocenters. The molecule has 0 spiro atoms. The van der Waals surface area contributed by atoms with Gasteiger partial charge >= 0.3 is 0 Å². The molecule has 0 radical (unpaired) electrons. The van der Waals surface area contributed by atoms with Crippen molar-refractivity contribution in [3.63, 3.8) is 0 Å². The van der Waals surface area contributed by atoms with E-state index in [2.05, 4.69) is 18.3 Å². The lowest BCUT2D eigenvalue weighted by Crippen LogP contribution is -2.47. The summed E-state index contributed by atoms with van der Waals surface area (Å²) in [6.45, 7) is 2.92. The maximum atomic E-state index is 12.4. The molecule has 1 aliphatic heterocycles. The number of likely N-dealkylation sites (N-methyl/N-ethyl adjacent to an activating group) is 1. The fraction of sp³-hybridized carbons (Fsp3) is 0.875. The zero-order valence-electron chi connectivity index (χ0n) is 12.7. The second-order valence-corrected chi connectivity index (χ2v) is 8.51. The van der Waals surface area contributed by atoms with Gasteiger partial charge in [-0.15, -0.1) is 0 Å². The second-order valence-electron chi connectivity index (χ2n) is 6.17. The van der Waals surface area contributed by atoms with Gasteiger partial charge in [-0.1, -0.05) is 37.8 Å². The minimum absolute atomic E-state index is 0.0587. The average molecular weight is 299 g/mol. The van der Waals surface area contributed by atoms with Crippen molar-refractivity contribution in [2.75, 3.05) is 12.3 Å². The molecule has 0 aromatic heterocycles. The number of hydrogen-bond acceptors (Lipinski definition) is 3. The molecule has 4 heteroatoms. The lowest BCUT2D eigenvalue weighted by Gasteiger charge is -2.33. The smallest absolute Gasteiger partial charge is 0.155 e. The Balaban J connectivity index is 2.20. The normalized spacial score (nSPS) is 29.1. The van der Waals surface area contributed by atoms with Crippen LogP contribution in [0.4, 0.5) is 0 Å². The lowest BCUT2D eigenvalue weighted by atomic mass is 9.91. The SMILES string of the molecule is CCNC(C1=CCCCCCC1)C1CCCCS1(=O)=O. The first-order valence-electron chi connectivity index (χ1n) is 8.29. The highest BCUT2D eigenvalue weighted by Crippen LogP contribution is 2.29. The fourth-order valence-electron chi connectivity index (χ4n) is 3.57. The molecule has 1 saturated heterocycles. The van der Waals surface area contributed by atoms with E-state index in [4.69, 9.17) is 0 Å². The third kappa shape index (κ3) is 4.08. The molecule has 1 heterocycles. The van der Waals surface area contributed by atoms with Gasteiger partial charge < -0.3 is 5.32 Å². The summed E-state index contributed by atoms with van der Waals surface area (Å²) >= 11 is 0. The van der Waals surface area contributed by atoms with Gasteiger partial charge in [0, 0.05) is 6.04 Å². The van der Waals surface area contributed by atoms with Crippen LogP contribution in [0, 0.1) is 0 Å². The number of hydrogen-bond donors (Lipinski definition) is 1. The molecule has 20 heavy (non-hydrogen) atoms. The lowest BCUT2D eigenvalue weighted by molar-refractivity contribution is 0.461. The van der Waals surface area contributed by atoms with Crippen LogP contribution in [0.5, 0.6) is 0 Å². The first-order chi connectivity index (χ1) is 9.65. The molecule has 3 nitrogen and oxygen atoms in total. The van der Waals surface area contributed by atoms with E-state index in [1.54, 1.807) is 0 Å². The summed E-state index contributed by atoms with van der Waals surface area (Å²) in [5.41, 5.74) is 1.36. The maximum Gasteiger partial charge on any atom is 0.155 e. The van der Waals surface area contributed by atoms with Crippen LogP contribution in [0.25, 0.3) is 0 Å². The van der Waals surface area contributed by atoms with Crippen molar-refractivity contribution in [1.29, 1.82) is 0 Å². The van der Waals surface area contributed by atoms with Gasteiger partial charge in [-0.25, -0.2) is 8.42 Å². The third-order valence-electron chi connectivity index (χ3n) is 4.65. The van der Waals surface area contributed by atoms with Crippen LogP contribution < -0.4 is 5.32 Å². The Morgan fingerprint density at radius 2 is 2.00 bits per heavy atom. The topological polar surface area (TPSA) is 46.2 Å². The molecule has 0 aromatic carbocycles. The van der Waals surface area contributed by atoms with Gasteiger partial charge in [0.25, 0.3) is 0 Å². The van der Waals surface area contributed by atoms with E-state index in [1.165, 1.54) is 31.3 Å². The predicted molar refractivity (Wildman–Crippen MR) is 84.7 cm³/mol. The van der Waals surface area contributed by atoms with Crippen molar-refractivity contribution in [2.24, 2.45) is 0 Å². The van der Waals surface area contributed by atoms with Crippen LogP contribution in [0.3, 0.4) is 0 Å². The zero-order chi connectivity index (χ0) is 14.4. The molecule has 2 aliphatic rings. The molecule has 0 amide bonds. The molecule has 0 bridgehead atoms. The molecule has 2 unspecified atom stereocenters. The minimum atomic E-state index is -2.92. The molecule has 1 aliphatic carbocycles. The number of nitrogens with one attached hydrogen (secondary N) is 1. The Hall–Kier alpha value is -0.350. The van der Waals surface area contributed by atoms with Gasteiger partial charge in [0.1, 0.15) is 0 Å². The van der Waals surface area contributed by atoms with Crippen molar-refractivity contribution < 1.29 is 8.42 Å². The van der Waals surface area contributed by atoms with Crippen LogP contribution in [-0.4, -0.2) is 32.0 Å². The summed E-state index contributed by atoms with van der Waals surface area (Å²) in [6, 6.07) is 0.0587. The summed E-state index contributed by atoms with van der Waals surface area (Å²) in [7, 11) is -2.92. The van der Waals surface area contributed by atoms with Gasteiger partial charge in [-0.3, -0.25) is 0 Å². The van der Waals surface area contributed by atoms with Crippen LogP contribution in [0.2, 0.25) is 0 Å². The predicted octanol–water partition coefficient (Wildman–Crippen LogP) is 3.21. The van der Waals surface area contributed by atoms with E-state index in [-0.39, 0.29) is 11.3 Å². The van der Waals surface area contributed by atoms with Crippen molar-refractivity contribution in [3.05, 3.63) is 11.6 Å². The van der Waals surface area contributed by atoms with Crippen LogP contribution >= 0.6 is 0 Å². The average Bonchev–Trinajstić information content (AvgIpc) is 2.36. The maximum absolute atomic E-state index is 12.4. The Morgan fingerprint density at radius 1 is 1.20 bits per heavy atom.